The average molecular weight is 384 g/mol. The van der Waals surface area contributed by atoms with Crippen molar-refractivity contribution in [2.45, 2.75) is 51.9 Å². The number of benzene rings is 2. The number of hydrogen-bond donors (Lipinski definition) is 0. The standard InChI is InChI=1S/C25H34FNO/c1-5-15-27-16-14-24(19-6-10-22(26)11-7-19)20(17-27)18-28-23-12-8-21(9-13-23)25(2,3)4/h6-13,20,24H,5,14-18H2,1-4H3/t20-,24-/m0/s1. The minimum atomic E-state index is -0.168. The first-order chi connectivity index (χ1) is 13.4. The van der Waals surface area contributed by atoms with E-state index in [9.17, 15) is 4.39 Å². The molecule has 2 aromatic carbocycles. The molecule has 0 amide bonds. The Bertz CT molecular complexity index is 733. The van der Waals surface area contributed by atoms with E-state index >= 15 is 0 Å². The number of halogens is 1. The van der Waals surface area contributed by atoms with Gasteiger partial charge in [0.05, 0.1) is 6.61 Å². The van der Waals surface area contributed by atoms with Crippen LogP contribution in [0.1, 0.15) is 57.6 Å². The van der Waals surface area contributed by atoms with Crippen LogP contribution in [0.15, 0.2) is 48.5 Å². The molecule has 28 heavy (non-hydrogen) atoms. The van der Waals surface area contributed by atoms with E-state index in [-0.39, 0.29) is 11.2 Å². The Hall–Kier alpha value is -1.87. The van der Waals surface area contributed by atoms with Crippen LogP contribution in [0.5, 0.6) is 5.75 Å². The highest BCUT2D eigenvalue weighted by molar-refractivity contribution is 5.31. The molecular weight excluding hydrogens is 349 g/mol. The van der Waals surface area contributed by atoms with E-state index in [1.165, 1.54) is 17.5 Å². The fraction of sp³-hybridized carbons (Fsp3) is 0.520. The van der Waals surface area contributed by atoms with Gasteiger partial charge in [0.15, 0.2) is 0 Å². The fourth-order valence-corrected chi connectivity index (χ4v) is 4.20. The van der Waals surface area contributed by atoms with Gasteiger partial charge < -0.3 is 9.64 Å². The molecular formula is C25H34FNO. The maximum absolute atomic E-state index is 13.4. The summed E-state index contributed by atoms with van der Waals surface area (Å²) in [6.45, 7) is 12.9. The van der Waals surface area contributed by atoms with E-state index in [2.05, 4.69) is 56.9 Å². The summed E-state index contributed by atoms with van der Waals surface area (Å²) in [6, 6.07) is 15.5. The molecule has 1 heterocycles. The molecule has 2 nitrogen and oxygen atoms in total. The summed E-state index contributed by atoms with van der Waals surface area (Å²) >= 11 is 0. The Kier molecular flexibility index (Phi) is 6.77. The van der Waals surface area contributed by atoms with Crippen LogP contribution >= 0.6 is 0 Å². The van der Waals surface area contributed by atoms with Crippen molar-refractivity contribution in [3.05, 3.63) is 65.5 Å². The molecule has 0 N–H and O–H groups in total. The predicted molar refractivity (Wildman–Crippen MR) is 115 cm³/mol. The van der Waals surface area contributed by atoms with Crippen molar-refractivity contribution in [1.82, 2.24) is 4.90 Å². The maximum atomic E-state index is 13.4. The third kappa shape index (κ3) is 5.35. The van der Waals surface area contributed by atoms with Gasteiger partial charge in [0.25, 0.3) is 0 Å². The lowest BCUT2D eigenvalue weighted by Crippen LogP contribution is -2.42. The molecule has 0 spiro atoms. The van der Waals surface area contributed by atoms with Gasteiger partial charge in [-0.2, -0.15) is 0 Å². The quantitative estimate of drug-likeness (QED) is 0.605. The van der Waals surface area contributed by atoms with E-state index in [1.54, 1.807) is 12.1 Å². The van der Waals surface area contributed by atoms with Crippen LogP contribution < -0.4 is 4.74 Å². The second-order valence-corrected chi connectivity index (χ2v) is 9.09. The number of piperidine rings is 1. The summed E-state index contributed by atoms with van der Waals surface area (Å²) in [5.74, 6) is 1.59. The summed E-state index contributed by atoms with van der Waals surface area (Å²) in [5, 5.41) is 0. The molecule has 152 valence electrons. The summed E-state index contributed by atoms with van der Waals surface area (Å²) in [7, 11) is 0. The Morgan fingerprint density at radius 2 is 1.71 bits per heavy atom. The van der Waals surface area contributed by atoms with Crippen molar-refractivity contribution in [2.75, 3.05) is 26.2 Å². The van der Waals surface area contributed by atoms with Gasteiger partial charge in [0.2, 0.25) is 0 Å². The Balaban J connectivity index is 1.70. The van der Waals surface area contributed by atoms with E-state index < -0.39 is 0 Å². The van der Waals surface area contributed by atoms with Crippen molar-refractivity contribution >= 4 is 0 Å². The summed E-state index contributed by atoms with van der Waals surface area (Å²) in [5.41, 5.74) is 2.70. The highest BCUT2D eigenvalue weighted by Crippen LogP contribution is 2.34. The minimum absolute atomic E-state index is 0.149. The predicted octanol–water partition coefficient (Wildman–Crippen LogP) is 6.02. The van der Waals surface area contributed by atoms with Crippen LogP contribution in [0.4, 0.5) is 4.39 Å². The molecule has 1 saturated heterocycles. The monoisotopic (exact) mass is 383 g/mol. The average Bonchev–Trinajstić information content (AvgIpc) is 2.67. The van der Waals surface area contributed by atoms with Crippen LogP contribution in [0.25, 0.3) is 0 Å². The zero-order chi connectivity index (χ0) is 20.1. The van der Waals surface area contributed by atoms with E-state index in [0.717, 1.165) is 31.8 Å². The van der Waals surface area contributed by atoms with Gasteiger partial charge in [-0.3, -0.25) is 0 Å². The van der Waals surface area contributed by atoms with Crippen molar-refractivity contribution in [3.63, 3.8) is 0 Å². The van der Waals surface area contributed by atoms with Crippen molar-refractivity contribution in [3.8, 4) is 5.75 Å². The molecule has 3 rings (SSSR count). The van der Waals surface area contributed by atoms with Gasteiger partial charge in [-0.1, -0.05) is 52.0 Å². The lowest BCUT2D eigenvalue weighted by atomic mass is 9.80. The number of ether oxygens (including phenoxy) is 1. The normalized spacial score (nSPS) is 20.9. The largest absolute Gasteiger partial charge is 0.493 e. The molecule has 0 unspecified atom stereocenters. The first-order valence-electron chi connectivity index (χ1n) is 10.6. The van der Waals surface area contributed by atoms with Crippen molar-refractivity contribution in [1.29, 1.82) is 0 Å². The number of hydrogen-bond acceptors (Lipinski definition) is 2. The molecule has 0 aliphatic carbocycles. The van der Waals surface area contributed by atoms with Crippen LogP contribution in [-0.4, -0.2) is 31.1 Å². The molecule has 0 saturated carbocycles. The molecule has 1 aliphatic rings. The summed E-state index contributed by atoms with van der Waals surface area (Å²) in [4.78, 5) is 2.54. The molecule has 0 radical (unpaired) electrons. The van der Waals surface area contributed by atoms with Crippen LogP contribution in [-0.2, 0) is 5.41 Å². The van der Waals surface area contributed by atoms with E-state index in [0.29, 0.717) is 18.4 Å². The highest BCUT2D eigenvalue weighted by atomic mass is 19.1. The third-order valence-corrected chi connectivity index (χ3v) is 5.84. The molecule has 1 aliphatic heterocycles. The maximum Gasteiger partial charge on any atom is 0.123 e. The lowest BCUT2D eigenvalue weighted by molar-refractivity contribution is 0.111. The number of nitrogens with zero attached hydrogens (tertiary/aromatic N) is 1. The number of likely N-dealkylation sites (tertiary alicyclic amines) is 1. The fourth-order valence-electron chi connectivity index (χ4n) is 4.20. The molecule has 1 fully saturated rings. The Labute approximate surface area is 169 Å². The van der Waals surface area contributed by atoms with Gasteiger partial charge in [0.1, 0.15) is 11.6 Å². The van der Waals surface area contributed by atoms with E-state index in [4.69, 9.17) is 4.74 Å². The van der Waals surface area contributed by atoms with E-state index in [1.807, 2.05) is 12.1 Å². The van der Waals surface area contributed by atoms with Crippen LogP contribution in [0, 0.1) is 11.7 Å². The Morgan fingerprint density at radius 1 is 1.04 bits per heavy atom. The van der Waals surface area contributed by atoms with Crippen molar-refractivity contribution < 1.29 is 9.13 Å². The molecule has 3 heteroatoms. The van der Waals surface area contributed by atoms with Gasteiger partial charge in [0, 0.05) is 12.5 Å². The third-order valence-electron chi connectivity index (χ3n) is 5.84. The van der Waals surface area contributed by atoms with Gasteiger partial charge >= 0.3 is 0 Å². The smallest absolute Gasteiger partial charge is 0.123 e. The summed E-state index contributed by atoms with van der Waals surface area (Å²) < 4.78 is 19.6. The first kappa shape index (κ1) is 20.9. The second kappa shape index (κ2) is 9.09. The zero-order valence-electron chi connectivity index (χ0n) is 17.7. The van der Waals surface area contributed by atoms with Gasteiger partial charge in [-0.15, -0.1) is 0 Å². The van der Waals surface area contributed by atoms with Crippen LogP contribution in [0.3, 0.4) is 0 Å². The second-order valence-electron chi connectivity index (χ2n) is 9.09. The number of rotatable bonds is 6. The topological polar surface area (TPSA) is 12.5 Å². The zero-order valence-corrected chi connectivity index (χ0v) is 17.7. The van der Waals surface area contributed by atoms with Gasteiger partial charge in [-0.05, 0) is 72.7 Å². The molecule has 0 aromatic heterocycles. The molecule has 2 atom stereocenters. The van der Waals surface area contributed by atoms with Crippen molar-refractivity contribution in [2.24, 2.45) is 5.92 Å². The van der Waals surface area contributed by atoms with Gasteiger partial charge in [-0.25, -0.2) is 4.39 Å². The molecule has 2 aromatic rings. The highest BCUT2D eigenvalue weighted by Gasteiger charge is 2.30. The van der Waals surface area contributed by atoms with Crippen LogP contribution in [0.2, 0.25) is 0 Å². The molecule has 0 bridgehead atoms. The SMILES string of the molecule is CCCN1CC[C@@H](c2ccc(F)cc2)[C@H](COc2ccc(C(C)(C)C)cc2)C1. The lowest BCUT2D eigenvalue weighted by Gasteiger charge is -2.38. The minimum Gasteiger partial charge on any atom is -0.493 e. The Morgan fingerprint density at radius 3 is 2.32 bits per heavy atom. The first-order valence-corrected chi connectivity index (χ1v) is 10.6. The summed E-state index contributed by atoms with van der Waals surface area (Å²) in [6.07, 6.45) is 2.27.